The summed E-state index contributed by atoms with van der Waals surface area (Å²) in [6.45, 7) is 10.8. The molecule has 0 aromatic carbocycles. The first-order valence-electron chi connectivity index (χ1n) is 7.23. The van der Waals surface area contributed by atoms with E-state index in [4.69, 9.17) is 0 Å². The van der Waals surface area contributed by atoms with Crippen molar-refractivity contribution < 1.29 is 0 Å². The standard InChI is InChI=1S/C14H28N2/c1-4-8-16-10-13(11(3)5-2)15-9-14(16)12-6-7-12/h11-15H,4-10H2,1-3H3. The van der Waals surface area contributed by atoms with Crippen molar-refractivity contribution in [3.63, 3.8) is 0 Å². The fraction of sp³-hybridized carbons (Fsp3) is 1.00. The Labute approximate surface area is 101 Å². The molecule has 2 nitrogen and oxygen atoms in total. The van der Waals surface area contributed by atoms with Crippen LogP contribution >= 0.6 is 0 Å². The molecule has 1 heterocycles. The molecule has 2 aliphatic rings. The van der Waals surface area contributed by atoms with E-state index in [1.165, 1.54) is 45.3 Å². The maximum atomic E-state index is 3.79. The topological polar surface area (TPSA) is 15.3 Å². The van der Waals surface area contributed by atoms with E-state index < -0.39 is 0 Å². The molecule has 94 valence electrons. The summed E-state index contributed by atoms with van der Waals surface area (Å²) >= 11 is 0. The minimum atomic E-state index is 0.728. The molecule has 0 bridgehead atoms. The first-order valence-corrected chi connectivity index (χ1v) is 7.23. The normalized spacial score (nSPS) is 33.9. The summed E-state index contributed by atoms with van der Waals surface area (Å²) in [4.78, 5) is 2.77. The summed E-state index contributed by atoms with van der Waals surface area (Å²) in [7, 11) is 0. The van der Waals surface area contributed by atoms with Gasteiger partial charge in [-0.3, -0.25) is 4.90 Å². The first-order chi connectivity index (χ1) is 7.76. The highest BCUT2D eigenvalue weighted by Gasteiger charge is 2.38. The van der Waals surface area contributed by atoms with Gasteiger partial charge in [0.05, 0.1) is 0 Å². The third-order valence-corrected chi connectivity index (χ3v) is 4.50. The Morgan fingerprint density at radius 2 is 2.06 bits per heavy atom. The predicted molar refractivity (Wildman–Crippen MR) is 69.6 cm³/mol. The van der Waals surface area contributed by atoms with Crippen LogP contribution in [0.5, 0.6) is 0 Å². The van der Waals surface area contributed by atoms with Crippen LogP contribution in [0.15, 0.2) is 0 Å². The van der Waals surface area contributed by atoms with Gasteiger partial charge in [-0.2, -0.15) is 0 Å². The van der Waals surface area contributed by atoms with Crippen molar-refractivity contribution in [2.45, 2.75) is 58.5 Å². The molecule has 3 atom stereocenters. The lowest BCUT2D eigenvalue weighted by Gasteiger charge is -2.42. The van der Waals surface area contributed by atoms with Gasteiger partial charge < -0.3 is 5.32 Å². The molecule has 1 aliphatic heterocycles. The zero-order valence-electron chi connectivity index (χ0n) is 11.2. The summed E-state index contributed by atoms with van der Waals surface area (Å²) in [6, 6.07) is 1.58. The van der Waals surface area contributed by atoms with Gasteiger partial charge in [0.1, 0.15) is 0 Å². The number of rotatable bonds is 5. The van der Waals surface area contributed by atoms with Crippen LogP contribution in [0, 0.1) is 11.8 Å². The lowest BCUT2D eigenvalue weighted by molar-refractivity contribution is 0.0962. The Morgan fingerprint density at radius 3 is 2.62 bits per heavy atom. The van der Waals surface area contributed by atoms with Crippen molar-refractivity contribution in [2.24, 2.45) is 11.8 Å². The summed E-state index contributed by atoms with van der Waals surface area (Å²) < 4.78 is 0. The van der Waals surface area contributed by atoms with Crippen molar-refractivity contribution in [1.82, 2.24) is 10.2 Å². The second kappa shape index (κ2) is 5.50. The predicted octanol–water partition coefficient (Wildman–Crippen LogP) is 2.49. The van der Waals surface area contributed by atoms with Crippen LogP contribution in [0.25, 0.3) is 0 Å². The molecule has 0 radical (unpaired) electrons. The minimum absolute atomic E-state index is 0.728. The minimum Gasteiger partial charge on any atom is -0.311 e. The monoisotopic (exact) mass is 224 g/mol. The third-order valence-electron chi connectivity index (χ3n) is 4.50. The largest absolute Gasteiger partial charge is 0.311 e. The highest BCUT2D eigenvalue weighted by Crippen LogP contribution is 2.36. The molecular formula is C14H28N2. The zero-order chi connectivity index (χ0) is 11.5. The van der Waals surface area contributed by atoms with E-state index in [0.717, 1.165) is 23.9 Å². The highest BCUT2D eigenvalue weighted by molar-refractivity contribution is 4.95. The van der Waals surface area contributed by atoms with Gasteiger partial charge in [-0.05, 0) is 37.6 Å². The number of nitrogens with one attached hydrogen (secondary N) is 1. The maximum absolute atomic E-state index is 3.79. The Balaban J connectivity index is 1.91. The van der Waals surface area contributed by atoms with E-state index in [1.54, 1.807) is 0 Å². The van der Waals surface area contributed by atoms with Crippen molar-refractivity contribution in [1.29, 1.82) is 0 Å². The van der Waals surface area contributed by atoms with Gasteiger partial charge in [0.2, 0.25) is 0 Å². The third kappa shape index (κ3) is 2.78. The fourth-order valence-corrected chi connectivity index (χ4v) is 3.01. The highest BCUT2D eigenvalue weighted by atomic mass is 15.2. The molecule has 0 spiro atoms. The average Bonchev–Trinajstić information content (AvgIpc) is 3.12. The molecular weight excluding hydrogens is 196 g/mol. The molecule has 1 saturated heterocycles. The van der Waals surface area contributed by atoms with E-state index in [1.807, 2.05) is 0 Å². The molecule has 3 unspecified atom stereocenters. The van der Waals surface area contributed by atoms with E-state index >= 15 is 0 Å². The first kappa shape index (κ1) is 12.4. The number of hydrogen-bond donors (Lipinski definition) is 1. The molecule has 1 N–H and O–H groups in total. The Kier molecular flexibility index (Phi) is 4.26. The van der Waals surface area contributed by atoms with E-state index in [-0.39, 0.29) is 0 Å². The van der Waals surface area contributed by atoms with Crippen LogP contribution in [-0.4, -0.2) is 36.6 Å². The van der Waals surface area contributed by atoms with Crippen LogP contribution in [0.2, 0.25) is 0 Å². The Hall–Kier alpha value is -0.0800. The van der Waals surface area contributed by atoms with Gasteiger partial charge in [0.15, 0.2) is 0 Å². The second-order valence-electron chi connectivity index (χ2n) is 5.80. The number of piperazine rings is 1. The summed E-state index contributed by atoms with van der Waals surface area (Å²) in [5.74, 6) is 1.83. The molecule has 16 heavy (non-hydrogen) atoms. The molecule has 0 amide bonds. The maximum Gasteiger partial charge on any atom is 0.0249 e. The van der Waals surface area contributed by atoms with Gasteiger partial charge >= 0.3 is 0 Å². The summed E-state index contributed by atoms with van der Waals surface area (Å²) in [5, 5.41) is 3.79. The average molecular weight is 224 g/mol. The molecule has 0 aromatic heterocycles. The Morgan fingerprint density at radius 1 is 1.31 bits per heavy atom. The Bertz CT molecular complexity index is 213. The molecule has 2 heteroatoms. The SMILES string of the molecule is CCCN1CC(C(C)CC)NCC1C1CC1. The van der Waals surface area contributed by atoms with Crippen LogP contribution in [-0.2, 0) is 0 Å². The smallest absolute Gasteiger partial charge is 0.0249 e. The van der Waals surface area contributed by atoms with Crippen molar-refractivity contribution >= 4 is 0 Å². The quantitative estimate of drug-likeness (QED) is 0.772. The molecule has 2 rings (SSSR count). The lowest BCUT2D eigenvalue weighted by atomic mass is 9.94. The van der Waals surface area contributed by atoms with E-state index in [2.05, 4.69) is 31.0 Å². The summed E-state index contributed by atoms with van der Waals surface area (Å²) in [5.41, 5.74) is 0. The van der Waals surface area contributed by atoms with Gasteiger partial charge in [0, 0.05) is 25.2 Å². The van der Waals surface area contributed by atoms with Gasteiger partial charge in [0.25, 0.3) is 0 Å². The molecule has 0 aromatic rings. The van der Waals surface area contributed by atoms with Crippen LogP contribution in [0.1, 0.15) is 46.5 Å². The van der Waals surface area contributed by atoms with E-state index in [0.29, 0.717) is 0 Å². The number of nitrogens with zero attached hydrogens (tertiary/aromatic N) is 1. The zero-order valence-corrected chi connectivity index (χ0v) is 11.2. The lowest BCUT2D eigenvalue weighted by Crippen LogP contribution is -2.59. The van der Waals surface area contributed by atoms with Crippen LogP contribution in [0.4, 0.5) is 0 Å². The summed E-state index contributed by atoms with van der Waals surface area (Å²) in [6.07, 6.45) is 5.54. The van der Waals surface area contributed by atoms with Crippen molar-refractivity contribution in [3.05, 3.63) is 0 Å². The molecule has 1 aliphatic carbocycles. The molecule has 1 saturated carbocycles. The second-order valence-corrected chi connectivity index (χ2v) is 5.80. The van der Waals surface area contributed by atoms with Crippen molar-refractivity contribution in [3.8, 4) is 0 Å². The van der Waals surface area contributed by atoms with Crippen LogP contribution in [0.3, 0.4) is 0 Å². The van der Waals surface area contributed by atoms with E-state index in [9.17, 15) is 0 Å². The van der Waals surface area contributed by atoms with Gasteiger partial charge in [-0.25, -0.2) is 0 Å². The van der Waals surface area contributed by atoms with Crippen molar-refractivity contribution in [2.75, 3.05) is 19.6 Å². The van der Waals surface area contributed by atoms with Gasteiger partial charge in [-0.1, -0.05) is 27.2 Å². The van der Waals surface area contributed by atoms with Crippen LogP contribution < -0.4 is 5.32 Å². The molecule has 2 fully saturated rings. The number of hydrogen-bond acceptors (Lipinski definition) is 2. The van der Waals surface area contributed by atoms with Gasteiger partial charge in [-0.15, -0.1) is 0 Å². The fourth-order valence-electron chi connectivity index (χ4n) is 3.01.